The molecule has 1 aromatic carbocycles. The number of allylic oxidation sites excluding steroid dienone is 1. The van der Waals surface area contributed by atoms with Gasteiger partial charge in [-0.3, -0.25) is 4.79 Å². The number of benzene rings is 1. The minimum absolute atomic E-state index is 0.813. The minimum Gasteiger partial charge on any atom is -0.298 e. The third-order valence-corrected chi connectivity index (χ3v) is 2.15. The second-order valence-corrected chi connectivity index (χ2v) is 3.25. The molecule has 0 aliphatic carbocycles. The zero-order valence-corrected chi connectivity index (χ0v) is 8.13. The Bertz CT molecular complexity index is 314. The maximum Gasteiger partial charge on any atom is 0.150 e. The fraction of sp³-hybridized carbons (Fsp3) is 0.250. The maximum atomic E-state index is 10.7. The number of aryl methyl sites for hydroxylation is 2. The molecule has 0 amide bonds. The fourth-order valence-corrected chi connectivity index (χ4v) is 1.53. The molecule has 0 unspecified atom stereocenters. The Balaban J connectivity index is 3.19. The van der Waals surface area contributed by atoms with Crippen molar-refractivity contribution in [1.29, 1.82) is 0 Å². The van der Waals surface area contributed by atoms with Gasteiger partial charge in [0.2, 0.25) is 0 Å². The fourth-order valence-electron chi connectivity index (χ4n) is 1.53. The van der Waals surface area contributed by atoms with Crippen molar-refractivity contribution >= 4 is 6.29 Å². The summed E-state index contributed by atoms with van der Waals surface area (Å²) in [5.74, 6) is 0. The lowest BCUT2D eigenvalue weighted by atomic mass is 9.99. The molecule has 1 heteroatoms. The molecule has 0 radical (unpaired) electrons. The zero-order chi connectivity index (χ0) is 9.84. The van der Waals surface area contributed by atoms with Crippen LogP contribution >= 0.6 is 0 Å². The standard InChI is InChI=1S/C12H14O/c1-4-5-11-6-9(2)12(8-13)10(3)7-11/h4,6-8H,1,5H2,2-3H3. The quantitative estimate of drug-likeness (QED) is 0.508. The molecule has 0 atom stereocenters. The van der Waals surface area contributed by atoms with Gasteiger partial charge in [0.1, 0.15) is 0 Å². The lowest BCUT2D eigenvalue weighted by molar-refractivity contribution is 0.112. The summed E-state index contributed by atoms with van der Waals surface area (Å²) >= 11 is 0. The van der Waals surface area contributed by atoms with Crippen LogP contribution < -0.4 is 0 Å². The van der Waals surface area contributed by atoms with E-state index in [0.717, 1.165) is 29.4 Å². The van der Waals surface area contributed by atoms with Crippen molar-refractivity contribution in [3.63, 3.8) is 0 Å². The van der Waals surface area contributed by atoms with Crippen molar-refractivity contribution in [3.8, 4) is 0 Å². The molecule has 0 spiro atoms. The van der Waals surface area contributed by atoms with Crippen molar-refractivity contribution in [2.24, 2.45) is 0 Å². The molecule has 0 aliphatic rings. The molecule has 1 rings (SSSR count). The van der Waals surface area contributed by atoms with Gasteiger partial charge >= 0.3 is 0 Å². The van der Waals surface area contributed by atoms with Crippen molar-refractivity contribution in [1.82, 2.24) is 0 Å². The van der Waals surface area contributed by atoms with Gasteiger partial charge in [-0.1, -0.05) is 18.2 Å². The second kappa shape index (κ2) is 4.04. The van der Waals surface area contributed by atoms with Gasteiger partial charge in [0.05, 0.1) is 0 Å². The van der Waals surface area contributed by atoms with E-state index in [-0.39, 0.29) is 0 Å². The molecule has 0 N–H and O–H groups in total. The Morgan fingerprint density at radius 2 is 1.85 bits per heavy atom. The number of hydrogen-bond acceptors (Lipinski definition) is 1. The van der Waals surface area contributed by atoms with Crippen LogP contribution in [0, 0.1) is 13.8 Å². The van der Waals surface area contributed by atoms with E-state index in [1.54, 1.807) is 0 Å². The lowest BCUT2D eigenvalue weighted by Crippen LogP contribution is -1.94. The van der Waals surface area contributed by atoms with Gasteiger partial charge in [0.25, 0.3) is 0 Å². The van der Waals surface area contributed by atoms with Gasteiger partial charge < -0.3 is 0 Å². The normalized spacial score (nSPS) is 9.69. The summed E-state index contributed by atoms with van der Waals surface area (Å²) in [7, 11) is 0. The van der Waals surface area contributed by atoms with Crippen LogP contribution in [0.1, 0.15) is 27.0 Å². The van der Waals surface area contributed by atoms with Gasteiger partial charge in [-0.15, -0.1) is 6.58 Å². The van der Waals surface area contributed by atoms with Crippen LogP contribution in [0.5, 0.6) is 0 Å². The van der Waals surface area contributed by atoms with E-state index in [1.807, 2.05) is 32.1 Å². The molecule has 13 heavy (non-hydrogen) atoms. The molecule has 68 valence electrons. The minimum atomic E-state index is 0.813. The Morgan fingerprint density at radius 1 is 1.31 bits per heavy atom. The number of aldehydes is 1. The highest BCUT2D eigenvalue weighted by Gasteiger charge is 2.02. The van der Waals surface area contributed by atoms with Crippen LogP contribution in [0.25, 0.3) is 0 Å². The smallest absolute Gasteiger partial charge is 0.150 e. The van der Waals surface area contributed by atoms with Crippen LogP contribution in [-0.2, 0) is 6.42 Å². The van der Waals surface area contributed by atoms with Crippen LogP contribution in [0.4, 0.5) is 0 Å². The highest BCUT2D eigenvalue weighted by molar-refractivity contribution is 5.79. The number of carbonyl (C=O) groups is 1. The van der Waals surface area contributed by atoms with E-state index < -0.39 is 0 Å². The molecular weight excluding hydrogens is 160 g/mol. The maximum absolute atomic E-state index is 10.7. The largest absolute Gasteiger partial charge is 0.298 e. The van der Waals surface area contributed by atoms with Crippen molar-refractivity contribution < 1.29 is 4.79 Å². The molecule has 0 saturated heterocycles. The highest BCUT2D eigenvalue weighted by atomic mass is 16.1. The summed E-state index contributed by atoms with van der Waals surface area (Å²) in [6, 6.07) is 4.08. The predicted octanol–water partition coefficient (Wildman–Crippen LogP) is 2.84. The molecule has 1 aromatic rings. The second-order valence-electron chi connectivity index (χ2n) is 3.25. The van der Waals surface area contributed by atoms with Gasteiger partial charge in [0.15, 0.2) is 6.29 Å². The Labute approximate surface area is 79.1 Å². The molecule has 0 fully saturated rings. The zero-order valence-electron chi connectivity index (χ0n) is 8.13. The summed E-state index contributed by atoms with van der Waals surface area (Å²) in [6.07, 6.45) is 3.65. The number of carbonyl (C=O) groups excluding carboxylic acids is 1. The summed E-state index contributed by atoms with van der Waals surface area (Å²) < 4.78 is 0. The molecular formula is C12H14O. The molecule has 0 bridgehead atoms. The molecule has 0 aromatic heterocycles. The Kier molecular flexibility index (Phi) is 3.02. The molecule has 1 nitrogen and oxygen atoms in total. The molecule has 0 aliphatic heterocycles. The third kappa shape index (κ3) is 2.05. The average Bonchev–Trinajstić information content (AvgIpc) is 2.04. The lowest BCUT2D eigenvalue weighted by Gasteiger charge is -2.06. The predicted molar refractivity (Wildman–Crippen MR) is 55.2 cm³/mol. The summed E-state index contributed by atoms with van der Waals surface area (Å²) in [5, 5.41) is 0. The Hall–Kier alpha value is -1.37. The van der Waals surface area contributed by atoms with E-state index >= 15 is 0 Å². The number of rotatable bonds is 3. The number of hydrogen-bond donors (Lipinski definition) is 0. The van der Waals surface area contributed by atoms with E-state index in [0.29, 0.717) is 0 Å². The van der Waals surface area contributed by atoms with Gasteiger partial charge in [-0.2, -0.15) is 0 Å². The first kappa shape index (κ1) is 9.72. The highest BCUT2D eigenvalue weighted by Crippen LogP contribution is 2.15. The van der Waals surface area contributed by atoms with Crippen LogP contribution in [-0.4, -0.2) is 6.29 Å². The van der Waals surface area contributed by atoms with E-state index in [9.17, 15) is 4.79 Å². The van der Waals surface area contributed by atoms with Crippen LogP contribution in [0.3, 0.4) is 0 Å². The average molecular weight is 174 g/mol. The van der Waals surface area contributed by atoms with Crippen LogP contribution in [0.2, 0.25) is 0 Å². The summed E-state index contributed by atoms with van der Waals surface area (Å²) in [5.41, 5.74) is 4.13. The van der Waals surface area contributed by atoms with E-state index in [4.69, 9.17) is 0 Å². The van der Waals surface area contributed by atoms with Crippen molar-refractivity contribution in [2.75, 3.05) is 0 Å². The monoisotopic (exact) mass is 174 g/mol. The molecule has 0 saturated carbocycles. The van der Waals surface area contributed by atoms with E-state index in [2.05, 4.69) is 6.58 Å². The van der Waals surface area contributed by atoms with Gasteiger partial charge in [-0.05, 0) is 37.0 Å². The van der Waals surface area contributed by atoms with Crippen molar-refractivity contribution in [3.05, 3.63) is 47.0 Å². The topological polar surface area (TPSA) is 17.1 Å². The third-order valence-electron chi connectivity index (χ3n) is 2.15. The van der Waals surface area contributed by atoms with Crippen LogP contribution in [0.15, 0.2) is 24.8 Å². The first-order valence-electron chi connectivity index (χ1n) is 4.35. The Morgan fingerprint density at radius 3 is 2.23 bits per heavy atom. The summed E-state index contributed by atoms with van der Waals surface area (Å²) in [4.78, 5) is 10.7. The van der Waals surface area contributed by atoms with Gasteiger partial charge in [0, 0.05) is 5.56 Å². The first-order valence-corrected chi connectivity index (χ1v) is 4.35. The van der Waals surface area contributed by atoms with E-state index in [1.165, 1.54) is 5.56 Å². The summed E-state index contributed by atoms with van der Waals surface area (Å²) in [6.45, 7) is 7.61. The van der Waals surface area contributed by atoms with Gasteiger partial charge in [-0.25, -0.2) is 0 Å². The van der Waals surface area contributed by atoms with Crippen molar-refractivity contribution in [2.45, 2.75) is 20.3 Å². The first-order chi connectivity index (χ1) is 6.19. The SMILES string of the molecule is C=CCc1cc(C)c(C=O)c(C)c1. The molecule has 0 heterocycles.